The third-order valence-electron chi connectivity index (χ3n) is 2.68. The molecule has 0 aliphatic rings. The molecule has 0 radical (unpaired) electrons. The van der Waals surface area contributed by atoms with Gasteiger partial charge in [-0.05, 0) is 24.3 Å². The fraction of sp³-hybridized carbons (Fsp3) is 0.0769. The van der Waals surface area contributed by atoms with Gasteiger partial charge in [0, 0.05) is 15.6 Å². The Labute approximate surface area is 173 Å². The van der Waals surface area contributed by atoms with E-state index in [0.717, 1.165) is 12.1 Å². The van der Waals surface area contributed by atoms with E-state index in [1.165, 1.54) is 12.1 Å². The van der Waals surface area contributed by atoms with Crippen LogP contribution in [0.1, 0.15) is 5.56 Å². The van der Waals surface area contributed by atoms with E-state index < -0.39 is 12.4 Å². The summed E-state index contributed by atoms with van der Waals surface area (Å²) >= 11 is 11.9. The van der Waals surface area contributed by atoms with E-state index in [4.69, 9.17) is 27.9 Å². The molecule has 0 atom stereocenters. The fourth-order valence-corrected chi connectivity index (χ4v) is 2.14. The molecule has 0 spiro atoms. The van der Waals surface area contributed by atoms with Crippen LogP contribution in [0.15, 0.2) is 42.5 Å². The average Bonchev–Trinajstić information content (AvgIpc) is 2.37. The second kappa shape index (κ2) is 8.24. The van der Waals surface area contributed by atoms with Crippen LogP contribution in [-0.2, 0) is 6.61 Å². The molecule has 0 unspecified atom stereocenters. The zero-order valence-corrected chi connectivity index (χ0v) is 15.8. The number of hydrogen-bond acceptors (Lipinski definition) is 1. The largest absolute Gasteiger partial charge is 1.00 e. The fourth-order valence-electron chi connectivity index (χ4n) is 1.63. The zero-order chi connectivity index (χ0) is 14.8. The topological polar surface area (TPSA) is 9.23 Å². The van der Waals surface area contributed by atoms with Gasteiger partial charge >= 0.3 is 58.4 Å². The second-order valence-corrected chi connectivity index (χ2v) is 4.95. The van der Waals surface area contributed by atoms with Crippen molar-refractivity contribution >= 4 is 35.6 Å². The predicted molar refractivity (Wildman–Crippen MR) is 75.9 cm³/mol. The maximum atomic E-state index is 12.6. The van der Waals surface area contributed by atoms with Gasteiger partial charge in [-0.25, -0.2) is 0 Å². The van der Waals surface area contributed by atoms with Crippen LogP contribution in [0.4, 0.5) is 12.9 Å². The van der Waals surface area contributed by atoms with E-state index in [9.17, 15) is 12.9 Å². The average molecular weight is 359 g/mol. The van der Waals surface area contributed by atoms with Gasteiger partial charge in [0.15, 0.2) is 0 Å². The molecular weight excluding hydrogens is 350 g/mol. The van der Waals surface area contributed by atoms with E-state index in [0.29, 0.717) is 15.6 Å². The molecule has 0 aromatic heterocycles. The Bertz CT molecular complexity index is 602. The molecule has 21 heavy (non-hydrogen) atoms. The molecule has 2 rings (SSSR count). The SMILES string of the molecule is F[B-](F)(F)c1cccc(OCc2c(Cl)cccc2Cl)c1.[K+]. The molecule has 0 saturated heterocycles. The number of halogens is 5. The van der Waals surface area contributed by atoms with Crippen LogP contribution in [0.3, 0.4) is 0 Å². The minimum absolute atomic E-state index is 0. The van der Waals surface area contributed by atoms with Crippen molar-refractivity contribution in [2.24, 2.45) is 0 Å². The summed E-state index contributed by atoms with van der Waals surface area (Å²) in [6, 6.07) is 9.69. The Morgan fingerprint density at radius 1 is 0.952 bits per heavy atom. The van der Waals surface area contributed by atoms with Gasteiger partial charge in [-0.1, -0.05) is 41.4 Å². The van der Waals surface area contributed by atoms with Crippen LogP contribution in [-0.4, -0.2) is 6.98 Å². The van der Waals surface area contributed by atoms with Crippen molar-refractivity contribution in [3.05, 3.63) is 58.1 Å². The third-order valence-corrected chi connectivity index (χ3v) is 3.39. The first-order chi connectivity index (χ1) is 9.38. The minimum atomic E-state index is -5.04. The van der Waals surface area contributed by atoms with Crippen molar-refractivity contribution in [1.29, 1.82) is 0 Å². The summed E-state index contributed by atoms with van der Waals surface area (Å²) in [6.45, 7) is -5.04. The minimum Gasteiger partial charge on any atom is -0.489 e. The van der Waals surface area contributed by atoms with Crippen LogP contribution in [0.2, 0.25) is 10.0 Å². The van der Waals surface area contributed by atoms with Crippen LogP contribution in [0.25, 0.3) is 0 Å². The first kappa shape index (κ1) is 19.4. The van der Waals surface area contributed by atoms with Gasteiger partial charge in [-0.2, -0.15) is 0 Å². The normalized spacial score (nSPS) is 10.9. The molecule has 0 N–H and O–H groups in total. The standard InChI is InChI=1S/C13H9BCl2F3O.K/c15-12-5-2-6-13(16)11(12)8-20-10-4-1-3-9(7-10)14(17,18)19;/h1-7H,8H2;/q-1;+1. The molecule has 0 heterocycles. The molecule has 0 amide bonds. The van der Waals surface area contributed by atoms with Gasteiger partial charge in [-0.15, -0.1) is 5.46 Å². The Kier molecular flexibility index (Phi) is 7.60. The third kappa shape index (κ3) is 5.46. The number of hydrogen-bond donors (Lipinski definition) is 0. The molecular formula is C13H9BCl2F3KO. The summed E-state index contributed by atoms with van der Waals surface area (Å²) < 4.78 is 43.2. The van der Waals surface area contributed by atoms with Gasteiger partial charge in [0.1, 0.15) is 12.4 Å². The molecule has 0 bridgehead atoms. The van der Waals surface area contributed by atoms with Crippen LogP contribution < -0.4 is 61.6 Å². The molecule has 8 heteroatoms. The molecule has 0 aliphatic heterocycles. The van der Waals surface area contributed by atoms with Gasteiger partial charge in [0.05, 0.1) is 0 Å². The summed E-state index contributed by atoms with van der Waals surface area (Å²) in [5.74, 6) is 0.123. The molecule has 106 valence electrons. The molecule has 0 fully saturated rings. The maximum absolute atomic E-state index is 12.6. The van der Waals surface area contributed by atoms with Crippen molar-refractivity contribution in [1.82, 2.24) is 0 Å². The molecule has 0 aliphatic carbocycles. The van der Waals surface area contributed by atoms with Crippen LogP contribution in [0.5, 0.6) is 5.75 Å². The molecule has 2 aromatic rings. The summed E-state index contributed by atoms with van der Waals surface area (Å²) in [6.07, 6.45) is 0. The predicted octanol–water partition coefficient (Wildman–Crippen LogP) is 1.63. The Balaban J connectivity index is 0.00000220. The smallest absolute Gasteiger partial charge is 0.489 e. The van der Waals surface area contributed by atoms with Crippen LogP contribution >= 0.6 is 23.2 Å². The first-order valence-electron chi connectivity index (χ1n) is 5.73. The quantitative estimate of drug-likeness (QED) is 0.755. The molecule has 2 aromatic carbocycles. The summed E-state index contributed by atoms with van der Waals surface area (Å²) in [7, 11) is 0. The maximum Gasteiger partial charge on any atom is 1.00 e. The summed E-state index contributed by atoms with van der Waals surface area (Å²) in [5, 5.41) is 0.822. The number of ether oxygens (including phenoxy) is 1. The first-order valence-corrected chi connectivity index (χ1v) is 6.49. The Morgan fingerprint density at radius 2 is 1.52 bits per heavy atom. The zero-order valence-electron chi connectivity index (χ0n) is 11.1. The van der Waals surface area contributed by atoms with Gasteiger partial charge in [0.2, 0.25) is 0 Å². The van der Waals surface area contributed by atoms with E-state index in [-0.39, 0.29) is 63.7 Å². The van der Waals surface area contributed by atoms with Gasteiger partial charge in [0.25, 0.3) is 0 Å². The van der Waals surface area contributed by atoms with E-state index in [1.54, 1.807) is 18.2 Å². The van der Waals surface area contributed by atoms with Crippen molar-refractivity contribution in [3.8, 4) is 5.75 Å². The van der Waals surface area contributed by atoms with Crippen molar-refractivity contribution < 1.29 is 69.1 Å². The van der Waals surface area contributed by atoms with Crippen molar-refractivity contribution in [2.75, 3.05) is 0 Å². The van der Waals surface area contributed by atoms with E-state index in [1.807, 2.05) is 0 Å². The Hall–Kier alpha value is 0.311. The molecule has 1 nitrogen and oxygen atoms in total. The monoisotopic (exact) mass is 358 g/mol. The number of rotatable bonds is 4. The van der Waals surface area contributed by atoms with Crippen molar-refractivity contribution in [3.63, 3.8) is 0 Å². The van der Waals surface area contributed by atoms with Crippen LogP contribution in [0, 0.1) is 0 Å². The van der Waals surface area contributed by atoms with Gasteiger partial charge in [-0.3, -0.25) is 0 Å². The van der Waals surface area contributed by atoms with Crippen molar-refractivity contribution in [2.45, 2.75) is 6.61 Å². The number of benzene rings is 2. The Morgan fingerprint density at radius 3 is 2.10 bits per heavy atom. The molecule has 0 saturated carbocycles. The summed E-state index contributed by atoms with van der Waals surface area (Å²) in [4.78, 5) is 0. The summed E-state index contributed by atoms with van der Waals surface area (Å²) in [5.41, 5.74) is -0.161. The van der Waals surface area contributed by atoms with Gasteiger partial charge < -0.3 is 17.7 Å². The van der Waals surface area contributed by atoms with E-state index >= 15 is 0 Å². The van der Waals surface area contributed by atoms with E-state index in [2.05, 4.69) is 0 Å². The second-order valence-electron chi connectivity index (χ2n) is 4.14.